The number of aliphatic hydroxyl groups is 1. The number of aromatic nitrogens is 1. The number of carbonyl (C=O) groups excluding carboxylic acids is 1. The Morgan fingerprint density at radius 1 is 1.38 bits per heavy atom. The molecule has 1 aliphatic rings. The molecule has 2 aromatic rings. The SMILES string of the molecule is O=C(c1c[nH]c2ccccc12)N1N=CC[C@]1(O)C(F)(F)F. The molecule has 1 amide bonds. The van der Waals surface area contributed by atoms with Crippen LogP contribution in [0, 0.1) is 0 Å². The Balaban J connectivity index is 2.04. The zero-order valence-electron chi connectivity index (χ0n) is 10.6. The lowest BCUT2D eigenvalue weighted by Gasteiger charge is -2.32. The first-order chi connectivity index (χ1) is 9.84. The van der Waals surface area contributed by atoms with Crippen molar-refractivity contribution in [1.82, 2.24) is 9.99 Å². The summed E-state index contributed by atoms with van der Waals surface area (Å²) in [7, 11) is 0. The highest BCUT2D eigenvalue weighted by molar-refractivity contribution is 6.07. The molecule has 1 aromatic carbocycles. The van der Waals surface area contributed by atoms with Crippen molar-refractivity contribution < 1.29 is 23.1 Å². The predicted octanol–water partition coefficient (Wildman–Crippen LogP) is 2.25. The molecular weight excluding hydrogens is 287 g/mol. The second-order valence-electron chi connectivity index (χ2n) is 4.68. The maximum Gasteiger partial charge on any atom is 0.438 e. The van der Waals surface area contributed by atoms with Gasteiger partial charge in [-0.25, -0.2) is 0 Å². The number of alkyl halides is 3. The van der Waals surface area contributed by atoms with Crippen LogP contribution in [-0.2, 0) is 0 Å². The number of nitrogens with one attached hydrogen (secondary N) is 1. The van der Waals surface area contributed by atoms with Gasteiger partial charge in [0.2, 0.25) is 0 Å². The summed E-state index contributed by atoms with van der Waals surface area (Å²) >= 11 is 0. The van der Waals surface area contributed by atoms with Gasteiger partial charge < -0.3 is 10.1 Å². The van der Waals surface area contributed by atoms with Crippen LogP contribution >= 0.6 is 0 Å². The van der Waals surface area contributed by atoms with E-state index in [2.05, 4.69) is 10.1 Å². The molecule has 3 rings (SSSR count). The van der Waals surface area contributed by atoms with Crippen molar-refractivity contribution in [2.45, 2.75) is 18.3 Å². The van der Waals surface area contributed by atoms with E-state index in [4.69, 9.17) is 0 Å². The summed E-state index contributed by atoms with van der Waals surface area (Å²) in [5.41, 5.74) is -2.67. The molecule has 0 radical (unpaired) electrons. The number of amides is 1. The molecular formula is C13H10F3N3O2. The number of hydrazone groups is 1. The van der Waals surface area contributed by atoms with Crippen LogP contribution in [0.5, 0.6) is 0 Å². The first-order valence-corrected chi connectivity index (χ1v) is 6.07. The fourth-order valence-corrected chi connectivity index (χ4v) is 2.25. The average molecular weight is 297 g/mol. The second kappa shape index (κ2) is 4.32. The zero-order chi connectivity index (χ0) is 15.3. The van der Waals surface area contributed by atoms with Crippen LogP contribution in [0.3, 0.4) is 0 Å². The lowest BCUT2D eigenvalue weighted by molar-refractivity contribution is -0.297. The number of fused-ring (bicyclic) bond motifs is 1. The molecule has 110 valence electrons. The van der Waals surface area contributed by atoms with Crippen molar-refractivity contribution in [2.75, 3.05) is 0 Å². The molecule has 0 saturated heterocycles. The Morgan fingerprint density at radius 3 is 2.81 bits per heavy atom. The fourth-order valence-electron chi connectivity index (χ4n) is 2.25. The van der Waals surface area contributed by atoms with Gasteiger partial charge in [0.15, 0.2) is 0 Å². The molecule has 1 aliphatic heterocycles. The highest BCUT2D eigenvalue weighted by atomic mass is 19.4. The van der Waals surface area contributed by atoms with E-state index in [1.807, 2.05) is 0 Å². The van der Waals surface area contributed by atoms with Crippen LogP contribution in [0.2, 0.25) is 0 Å². The van der Waals surface area contributed by atoms with E-state index >= 15 is 0 Å². The van der Waals surface area contributed by atoms with Crippen LogP contribution in [0.25, 0.3) is 10.9 Å². The Kier molecular flexibility index (Phi) is 2.80. The Bertz CT molecular complexity index is 738. The average Bonchev–Trinajstić information content (AvgIpc) is 3.01. The van der Waals surface area contributed by atoms with Gasteiger partial charge in [-0.3, -0.25) is 4.79 Å². The molecule has 0 fully saturated rings. The minimum atomic E-state index is -4.99. The molecule has 2 N–H and O–H groups in total. The van der Waals surface area contributed by atoms with Crippen LogP contribution in [-0.4, -0.2) is 39.1 Å². The van der Waals surface area contributed by atoms with Crippen LogP contribution in [0.4, 0.5) is 13.2 Å². The number of rotatable bonds is 1. The van der Waals surface area contributed by atoms with Gasteiger partial charge in [0, 0.05) is 29.7 Å². The number of hydrogen-bond acceptors (Lipinski definition) is 3. The van der Waals surface area contributed by atoms with E-state index < -0.39 is 24.2 Å². The minimum absolute atomic E-state index is 0.0207. The summed E-state index contributed by atoms with van der Waals surface area (Å²) in [6.45, 7) is 0. The van der Waals surface area contributed by atoms with E-state index in [0.29, 0.717) is 10.9 Å². The molecule has 21 heavy (non-hydrogen) atoms. The maximum absolute atomic E-state index is 13.0. The molecule has 1 aromatic heterocycles. The number of para-hydroxylation sites is 1. The molecule has 0 bridgehead atoms. The van der Waals surface area contributed by atoms with Gasteiger partial charge in [0.05, 0.1) is 5.56 Å². The van der Waals surface area contributed by atoms with Crippen molar-refractivity contribution in [3.8, 4) is 0 Å². The normalized spacial score (nSPS) is 22.2. The van der Waals surface area contributed by atoms with Gasteiger partial charge >= 0.3 is 6.18 Å². The summed E-state index contributed by atoms with van der Waals surface area (Å²) < 4.78 is 38.9. The Hall–Kier alpha value is -2.35. The Morgan fingerprint density at radius 2 is 2.10 bits per heavy atom. The van der Waals surface area contributed by atoms with E-state index in [-0.39, 0.29) is 10.6 Å². The molecule has 8 heteroatoms. The standard InChI is InChI=1S/C13H10F3N3O2/c14-13(15,16)12(21)5-6-18-19(12)11(20)9-7-17-10-4-2-1-3-8(9)10/h1-4,6-7,17,21H,5H2/t12-/m0/s1. The van der Waals surface area contributed by atoms with Gasteiger partial charge in [-0.1, -0.05) is 18.2 Å². The lowest BCUT2D eigenvalue weighted by Crippen LogP contribution is -2.56. The highest BCUT2D eigenvalue weighted by Crippen LogP contribution is 2.39. The summed E-state index contributed by atoms with van der Waals surface area (Å²) in [4.78, 5) is 15.1. The number of nitrogens with zero attached hydrogens (tertiary/aromatic N) is 2. The van der Waals surface area contributed by atoms with Gasteiger partial charge in [-0.05, 0) is 6.07 Å². The molecule has 2 heterocycles. The van der Waals surface area contributed by atoms with Gasteiger partial charge in [0.1, 0.15) is 0 Å². The number of benzene rings is 1. The van der Waals surface area contributed by atoms with E-state index in [1.165, 1.54) is 6.20 Å². The van der Waals surface area contributed by atoms with E-state index in [9.17, 15) is 23.1 Å². The van der Waals surface area contributed by atoms with Gasteiger partial charge in [-0.2, -0.15) is 23.3 Å². The smallest absolute Gasteiger partial charge is 0.362 e. The first-order valence-electron chi connectivity index (χ1n) is 6.07. The van der Waals surface area contributed by atoms with E-state index in [0.717, 1.165) is 6.21 Å². The maximum atomic E-state index is 13.0. The quantitative estimate of drug-likeness (QED) is 0.847. The number of H-pyrrole nitrogens is 1. The first kappa shape index (κ1) is 13.6. The topological polar surface area (TPSA) is 68.7 Å². The Labute approximate surface area is 116 Å². The summed E-state index contributed by atoms with van der Waals surface area (Å²) in [5, 5.41) is 13.7. The van der Waals surface area contributed by atoms with Crippen molar-refractivity contribution >= 4 is 23.0 Å². The molecule has 5 nitrogen and oxygen atoms in total. The van der Waals surface area contributed by atoms with Crippen molar-refractivity contribution in [1.29, 1.82) is 0 Å². The lowest BCUT2D eigenvalue weighted by atomic mass is 10.1. The molecule has 0 aliphatic carbocycles. The van der Waals surface area contributed by atoms with Crippen molar-refractivity contribution in [3.05, 3.63) is 36.0 Å². The monoisotopic (exact) mass is 297 g/mol. The zero-order valence-corrected chi connectivity index (χ0v) is 10.6. The van der Waals surface area contributed by atoms with Gasteiger partial charge in [-0.15, -0.1) is 0 Å². The van der Waals surface area contributed by atoms with Gasteiger partial charge in [0.25, 0.3) is 11.6 Å². The second-order valence-corrected chi connectivity index (χ2v) is 4.68. The third-order valence-corrected chi connectivity index (χ3v) is 3.39. The predicted molar refractivity (Wildman–Crippen MR) is 68.6 cm³/mol. The number of carbonyl (C=O) groups is 1. The minimum Gasteiger partial charge on any atom is -0.362 e. The van der Waals surface area contributed by atoms with Crippen molar-refractivity contribution in [3.63, 3.8) is 0 Å². The molecule has 1 atom stereocenters. The summed E-state index contributed by atoms with van der Waals surface area (Å²) in [5.74, 6) is -1.01. The van der Waals surface area contributed by atoms with Crippen LogP contribution in [0.1, 0.15) is 16.8 Å². The molecule has 0 saturated carbocycles. The third-order valence-electron chi connectivity index (χ3n) is 3.39. The summed E-state index contributed by atoms with van der Waals surface area (Å²) in [6.07, 6.45) is -3.60. The third kappa shape index (κ3) is 1.90. The highest BCUT2D eigenvalue weighted by Gasteiger charge is 2.61. The van der Waals surface area contributed by atoms with Crippen molar-refractivity contribution in [2.24, 2.45) is 5.10 Å². The number of aromatic amines is 1. The van der Waals surface area contributed by atoms with E-state index in [1.54, 1.807) is 24.3 Å². The summed E-state index contributed by atoms with van der Waals surface area (Å²) in [6, 6.07) is 6.68. The fraction of sp³-hybridized carbons (Fsp3) is 0.231. The number of halogens is 3. The van der Waals surface area contributed by atoms with Crippen LogP contribution < -0.4 is 0 Å². The molecule has 0 spiro atoms. The van der Waals surface area contributed by atoms with Crippen LogP contribution in [0.15, 0.2) is 35.6 Å². The largest absolute Gasteiger partial charge is 0.438 e. The molecule has 0 unspecified atom stereocenters. The number of hydrogen-bond donors (Lipinski definition) is 2.